The van der Waals surface area contributed by atoms with Crippen molar-refractivity contribution in [3.8, 4) is 0 Å². The Bertz CT molecular complexity index is 682. The van der Waals surface area contributed by atoms with Gasteiger partial charge >= 0.3 is 0 Å². The zero-order valence-corrected chi connectivity index (χ0v) is 13.7. The number of anilines is 1. The van der Waals surface area contributed by atoms with Crippen LogP contribution in [0.4, 0.5) is 5.69 Å². The second kappa shape index (κ2) is 5.15. The van der Waals surface area contributed by atoms with Crippen molar-refractivity contribution in [2.45, 2.75) is 57.5 Å². The van der Waals surface area contributed by atoms with Crippen LogP contribution in [0.5, 0.6) is 0 Å². The molecule has 1 nitrogen and oxygen atoms in total. The number of nitrogens with zero attached hydrogens (tertiary/aromatic N) is 1. The van der Waals surface area contributed by atoms with Gasteiger partial charge in [-0.25, -0.2) is 0 Å². The molecule has 1 saturated carbocycles. The van der Waals surface area contributed by atoms with Gasteiger partial charge in [0, 0.05) is 5.69 Å². The summed E-state index contributed by atoms with van der Waals surface area (Å²) in [6.45, 7) is 4.64. The number of para-hydroxylation sites is 1. The predicted octanol–water partition coefficient (Wildman–Crippen LogP) is 5.74. The van der Waals surface area contributed by atoms with Crippen LogP contribution in [-0.4, -0.2) is 0 Å². The monoisotopic (exact) mass is 291 g/mol. The number of rotatable bonds is 1. The fourth-order valence-electron chi connectivity index (χ4n) is 4.84. The van der Waals surface area contributed by atoms with Crippen molar-refractivity contribution in [1.29, 1.82) is 0 Å². The lowest BCUT2D eigenvalue weighted by atomic mass is 9.76. The summed E-state index contributed by atoms with van der Waals surface area (Å²) in [6.07, 6.45) is 6.68. The van der Waals surface area contributed by atoms with Crippen molar-refractivity contribution >= 4 is 5.69 Å². The van der Waals surface area contributed by atoms with Crippen LogP contribution in [0.15, 0.2) is 48.5 Å². The lowest BCUT2D eigenvalue weighted by Gasteiger charge is -2.46. The largest absolute Gasteiger partial charge is 0.355 e. The molecule has 1 fully saturated rings. The van der Waals surface area contributed by atoms with Crippen molar-refractivity contribution in [2.24, 2.45) is 0 Å². The van der Waals surface area contributed by atoms with Gasteiger partial charge in [0.15, 0.2) is 0 Å². The molecule has 1 atom stereocenters. The summed E-state index contributed by atoms with van der Waals surface area (Å²) < 4.78 is 0. The fourth-order valence-corrected chi connectivity index (χ4v) is 4.84. The second-order valence-electron chi connectivity index (χ2n) is 7.01. The Kier molecular flexibility index (Phi) is 3.25. The predicted molar refractivity (Wildman–Crippen MR) is 93.3 cm³/mol. The van der Waals surface area contributed by atoms with Gasteiger partial charge in [-0.3, -0.25) is 0 Å². The SMILES string of the molecule is Cc1ccccc1N1[C@@H](C)c2ccccc2C12CCCCC2. The Morgan fingerprint density at radius 3 is 2.36 bits per heavy atom. The highest BCUT2D eigenvalue weighted by Gasteiger charge is 2.49. The van der Waals surface area contributed by atoms with Crippen molar-refractivity contribution in [3.63, 3.8) is 0 Å². The maximum atomic E-state index is 2.74. The van der Waals surface area contributed by atoms with Crippen molar-refractivity contribution in [1.82, 2.24) is 0 Å². The van der Waals surface area contributed by atoms with E-state index in [1.807, 2.05) is 0 Å². The van der Waals surface area contributed by atoms with Crippen LogP contribution in [-0.2, 0) is 5.54 Å². The molecule has 1 aliphatic heterocycles. The van der Waals surface area contributed by atoms with Gasteiger partial charge in [0.05, 0.1) is 11.6 Å². The van der Waals surface area contributed by atoms with Gasteiger partial charge in [0.1, 0.15) is 0 Å². The quantitative estimate of drug-likeness (QED) is 0.648. The van der Waals surface area contributed by atoms with E-state index in [0.717, 1.165) is 0 Å². The molecular formula is C21H25N. The Balaban J connectivity index is 1.92. The van der Waals surface area contributed by atoms with Gasteiger partial charge in [-0.15, -0.1) is 0 Å². The zero-order chi connectivity index (χ0) is 15.2. The van der Waals surface area contributed by atoms with E-state index < -0.39 is 0 Å². The van der Waals surface area contributed by atoms with E-state index in [1.165, 1.54) is 48.9 Å². The molecule has 2 aromatic rings. The zero-order valence-electron chi connectivity index (χ0n) is 13.7. The van der Waals surface area contributed by atoms with Crippen LogP contribution in [0.1, 0.15) is 61.8 Å². The normalized spacial score (nSPS) is 22.8. The molecule has 4 rings (SSSR count). The van der Waals surface area contributed by atoms with Crippen LogP contribution in [0.3, 0.4) is 0 Å². The van der Waals surface area contributed by atoms with Crippen LogP contribution in [0.25, 0.3) is 0 Å². The highest BCUT2D eigenvalue weighted by molar-refractivity contribution is 5.63. The first-order chi connectivity index (χ1) is 10.7. The van der Waals surface area contributed by atoms with Gasteiger partial charge in [-0.2, -0.15) is 0 Å². The minimum Gasteiger partial charge on any atom is -0.355 e. The molecule has 2 aliphatic rings. The first-order valence-corrected chi connectivity index (χ1v) is 8.68. The van der Waals surface area contributed by atoms with E-state index in [-0.39, 0.29) is 5.54 Å². The molecule has 22 heavy (non-hydrogen) atoms. The fraction of sp³-hybridized carbons (Fsp3) is 0.429. The summed E-state index contributed by atoms with van der Waals surface area (Å²) in [5, 5.41) is 0. The topological polar surface area (TPSA) is 3.24 Å². The van der Waals surface area contributed by atoms with Gasteiger partial charge in [-0.1, -0.05) is 61.7 Å². The van der Waals surface area contributed by atoms with Gasteiger partial charge in [-0.05, 0) is 49.4 Å². The van der Waals surface area contributed by atoms with E-state index >= 15 is 0 Å². The number of benzene rings is 2. The maximum Gasteiger partial charge on any atom is 0.0663 e. The standard InChI is InChI=1S/C21H25N/c1-16-10-4-7-13-20(16)22-17(2)18-11-5-6-12-19(18)21(22)14-8-3-9-15-21/h4-7,10-13,17H,3,8-9,14-15H2,1-2H3/t17-/m0/s1. The van der Waals surface area contributed by atoms with E-state index in [4.69, 9.17) is 0 Å². The number of fused-ring (bicyclic) bond motifs is 2. The van der Waals surface area contributed by atoms with E-state index in [1.54, 1.807) is 5.56 Å². The molecular weight excluding hydrogens is 266 g/mol. The summed E-state index contributed by atoms with van der Waals surface area (Å²) in [4.78, 5) is 2.74. The van der Waals surface area contributed by atoms with Crippen molar-refractivity contribution in [3.05, 3.63) is 65.2 Å². The molecule has 0 bridgehead atoms. The summed E-state index contributed by atoms with van der Waals surface area (Å²) >= 11 is 0. The molecule has 0 aromatic heterocycles. The third-order valence-corrected chi connectivity index (χ3v) is 5.82. The first-order valence-electron chi connectivity index (χ1n) is 8.68. The highest BCUT2D eigenvalue weighted by Crippen LogP contribution is 2.55. The molecule has 0 saturated heterocycles. The molecule has 1 heteroatoms. The maximum absolute atomic E-state index is 2.74. The summed E-state index contributed by atoms with van der Waals surface area (Å²) in [6, 6.07) is 18.5. The molecule has 0 amide bonds. The van der Waals surface area contributed by atoms with Crippen LogP contribution in [0.2, 0.25) is 0 Å². The average molecular weight is 291 g/mol. The Labute approximate surface area is 134 Å². The summed E-state index contributed by atoms with van der Waals surface area (Å²) in [7, 11) is 0. The van der Waals surface area contributed by atoms with Crippen molar-refractivity contribution in [2.75, 3.05) is 4.90 Å². The Morgan fingerprint density at radius 2 is 1.59 bits per heavy atom. The van der Waals surface area contributed by atoms with E-state index in [2.05, 4.69) is 67.3 Å². The minimum atomic E-state index is 0.223. The van der Waals surface area contributed by atoms with Crippen molar-refractivity contribution < 1.29 is 0 Å². The van der Waals surface area contributed by atoms with Crippen LogP contribution in [0, 0.1) is 6.92 Å². The molecule has 0 radical (unpaired) electrons. The number of aryl methyl sites for hydroxylation is 1. The van der Waals surface area contributed by atoms with Crippen LogP contribution < -0.4 is 4.90 Å². The molecule has 1 heterocycles. The smallest absolute Gasteiger partial charge is 0.0663 e. The van der Waals surface area contributed by atoms with Gasteiger partial charge in [0.2, 0.25) is 0 Å². The molecule has 2 aromatic carbocycles. The molecule has 1 spiro atoms. The third-order valence-electron chi connectivity index (χ3n) is 5.82. The van der Waals surface area contributed by atoms with Gasteiger partial charge in [0.25, 0.3) is 0 Å². The number of hydrogen-bond donors (Lipinski definition) is 0. The van der Waals surface area contributed by atoms with E-state index in [9.17, 15) is 0 Å². The first kappa shape index (κ1) is 13.9. The van der Waals surface area contributed by atoms with Gasteiger partial charge < -0.3 is 4.90 Å². The second-order valence-corrected chi connectivity index (χ2v) is 7.01. The summed E-state index contributed by atoms with van der Waals surface area (Å²) in [5.41, 5.74) is 6.17. The number of hydrogen-bond acceptors (Lipinski definition) is 1. The molecule has 0 N–H and O–H groups in total. The van der Waals surface area contributed by atoms with Crippen LogP contribution >= 0.6 is 0 Å². The Hall–Kier alpha value is -1.76. The summed E-state index contributed by atoms with van der Waals surface area (Å²) in [5.74, 6) is 0. The van der Waals surface area contributed by atoms with E-state index in [0.29, 0.717) is 6.04 Å². The molecule has 114 valence electrons. The lowest BCUT2D eigenvalue weighted by Crippen LogP contribution is -2.44. The minimum absolute atomic E-state index is 0.223. The Morgan fingerprint density at radius 1 is 0.909 bits per heavy atom. The average Bonchev–Trinajstić information content (AvgIpc) is 2.79. The molecule has 0 unspecified atom stereocenters. The highest BCUT2D eigenvalue weighted by atomic mass is 15.3. The third kappa shape index (κ3) is 1.84. The lowest BCUT2D eigenvalue weighted by molar-refractivity contribution is 0.284. The molecule has 1 aliphatic carbocycles.